The van der Waals surface area contributed by atoms with E-state index in [0.29, 0.717) is 23.7 Å². The van der Waals surface area contributed by atoms with Gasteiger partial charge in [0.05, 0.1) is 5.56 Å². The topological polar surface area (TPSA) is 66.6 Å². The molecule has 0 bridgehead atoms. The van der Waals surface area contributed by atoms with Crippen LogP contribution in [-0.2, 0) is 0 Å². The molecule has 1 unspecified atom stereocenters. The lowest BCUT2D eigenvalue weighted by molar-refractivity contribution is 0.0775. The molecule has 3 N–H and O–H groups in total. The van der Waals surface area contributed by atoms with E-state index in [1.807, 2.05) is 0 Å². The van der Waals surface area contributed by atoms with Crippen molar-refractivity contribution in [2.45, 2.75) is 20.3 Å². The maximum atomic E-state index is 12.1. The number of nitrogens with two attached hydrogens (primary N) is 1. The van der Waals surface area contributed by atoms with Crippen LogP contribution in [0, 0.1) is 5.92 Å². The molecule has 0 aliphatic heterocycles. The van der Waals surface area contributed by atoms with Crippen molar-refractivity contribution >= 4 is 11.6 Å². The Kier molecular flexibility index (Phi) is 4.37. The number of anilines is 1. The first-order valence-electron chi connectivity index (χ1n) is 5.79. The van der Waals surface area contributed by atoms with Crippen LogP contribution in [0.15, 0.2) is 18.2 Å². The number of amides is 1. The van der Waals surface area contributed by atoms with Crippen molar-refractivity contribution in [2.75, 3.05) is 19.3 Å². The zero-order valence-corrected chi connectivity index (χ0v) is 10.6. The Bertz CT molecular complexity index is 404. The number of carbonyl (C=O) groups excluding carboxylic acids is 1. The molecule has 1 aromatic rings. The second-order valence-electron chi connectivity index (χ2n) is 4.47. The van der Waals surface area contributed by atoms with Gasteiger partial charge in [0.1, 0.15) is 5.75 Å². The van der Waals surface area contributed by atoms with E-state index >= 15 is 0 Å². The van der Waals surface area contributed by atoms with E-state index in [4.69, 9.17) is 5.73 Å². The molecule has 0 spiro atoms. The van der Waals surface area contributed by atoms with E-state index in [9.17, 15) is 9.90 Å². The van der Waals surface area contributed by atoms with E-state index in [-0.39, 0.29) is 11.7 Å². The number of phenols is 1. The summed E-state index contributed by atoms with van der Waals surface area (Å²) in [5, 5.41) is 9.37. The van der Waals surface area contributed by atoms with E-state index in [1.54, 1.807) is 18.0 Å². The number of nitrogens with zero attached hydrogens (tertiary/aromatic N) is 1. The number of phenolic OH excluding ortho intramolecular Hbond substituents is 1. The standard InChI is InChI=1S/C13H20N2O2/c1-4-9(2)8-15(3)13(17)11-7-10(16)5-6-12(11)14/h5-7,9,16H,4,8,14H2,1-3H3. The summed E-state index contributed by atoms with van der Waals surface area (Å²) < 4.78 is 0. The largest absolute Gasteiger partial charge is 0.508 e. The molecule has 1 amide bonds. The van der Waals surface area contributed by atoms with Gasteiger partial charge >= 0.3 is 0 Å². The molecule has 0 saturated heterocycles. The van der Waals surface area contributed by atoms with Crippen LogP contribution in [0.5, 0.6) is 5.75 Å². The third kappa shape index (κ3) is 3.37. The average molecular weight is 236 g/mol. The van der Waals surface area contributed by atoms with E-state index in [1.165, 1.54) is 12.1 Å². The highest BCUT2D eigenvalue weighted by Gasteiger charge is 2.16. The van der Waals surface area contributed by atoms with Crippen molar-refractivity contribution < 1.29 is 9.90 Å². The zero-order valence-electron chi connectivity index (χ0n) is 10.6. The SMILES string of the molecule is CCC(C)CN(C)C(=O)c1cc(O)ccc1N. The third-order valence-electron chi connectivity index (χ3n) is 2.90. The van der Waals surface area contributed by atoms with E-state index in [2.05, 4.69) is 13.8 Å². The number of carbonyl (C=O) groups is 1. The van der Waals surface area contributed by atoms with Gasteiger partial charge in [-0.2, -0.15) is 0 Å². The third-order valence-corrected chi connectivity index (χ3v) is 2.90. The molecule has 0 heterocycles. The lowest BCUT2D eigenvalue weighted by Gasteiger charge is -2.21. The molecule has 0 radical (unpaired) electrons. The highest BCUT2D eigenvalue weighted by molar-refractivity contribution is 5.99. The van der Waals surface area contributed by atoms with Crippen LogP contribution in [-0.4, -0.2) is 29.5 Å². The van der Waals surface area contributed by atoms with Crippen molar-refractivity contribution in [3.63, 3.8) is 0 Å². The molecular formula is C13H20N2O2. The maximum Gasteiger partial charge on any atom is 0.255 e. The summed E-state index contributed by atoms with van der Waals surface area (Å²) in [5.74, 6) is 0.348. The Hall–Kier alpha value is -1.71. The van der Waals surface area contributed by atoms with Gasteiger partial charge < -0.3 is 15.7 Å². The zero-order chi connectivity index (χ0) is 13.0. The Morgan fingerprint density at radius 1 is 1.53 bits per heavy atom. The minimum atomic E-state index is -0.154. The van der Waals surface area contributed by atoms with Gasteiger partial charge in [0.2, 0.25) is 0 Å². The van der Waals surface area contributed by atoms with Crippen LogP contribution < -0.4 is 5.73 Å². The molecular weight excluding hydrogens is 216 g/mol. The molecule has 0 aromatic heterocycles. The molecule has 1 atom stereocenters. The summed E-state index contributed by atoms with van der Waals surface area (Å²) >= 11 is 0. The molecule has 0 saturated carbocycles. The lowest BCUT2D eigenvalue weighted by atomic mass is 10.1. The van der Waals surface area contributed by atoms with Crippen LogP contribution in [0.4, 0.5) is 5.69 Å². The minimum Gasteiger partial charge on any atom is -0.508 e. The van der Waals surface area contributed by atoms with Crippen LogP contribution >= 0.6 is 0 Å². The summed E-state index contributed by atoms with van der Waals surface area (Å²) in [7, 11) is 1.75. The predicted octanol–water partition coefficient (Wildman–Crippen LogP) is 2.09. The van der Waals surface area contributed by atoms with E-state index in [0.717, 1.165) is 6.42 Å². The molecule has 0 aliphatic carbocycles. The monoisotopic (exact) mass is 236 g/mol. The second-order valence-corrected chi connectivity index (χ2v) is 4.47. The smallest absolute Gasteiger partial charge is 0.255 e. The molecule has 4 heteroatoms. The van der Waals surface area contributed by atoms with Gasteiger partial charge in [-0.25, -0.2) is 0 Å². The van der Waals surface area contributed by atoms with Gasteiger partial charge in [-0.3, -0.25) is 4.79 Å². The highest BCUT2D eigenvalue weighted by Crippen LogP contribution is 2.20. The second kappa shape index (κ2) is 5.57. The Morgan fingerprint density at radius 2 is 2.18 bits per heavy atom. The number of aromatic hydroxyl groups is 1. The number of hydrogen-bond donors (Lipinski definition) is 2. The first-order chi connectivity index (χ1) is 7.95. The van der Waals surface area contributed by atoms with Crippen LogP contribution in [0.25, 0.3) is 0 Å². The molecule has 1 aromatic carbocycles. The van der Waals surface area contributed by atoms with Gasteiger partial charge in [0.25, 0.3) is 5.91 Å². The van der Waals surface area contributed by atoms with Gasteiger partial charge in [0, 0.05) is 19.3 Å². The number of nitrogen functional groups attached to an aromatic ring is 1. The van der Waals surface area contributed by atoms with Gasteiger partial charge in [-0.1, -0.05) is 20.3 Å². The van der Waals surface area contributed by atoms with Crippen LogP contribution in [0.3, 0.4) is 0 Å². The summed E-state index contributed by atoms with van der Waals surface area (Å²) in [5.41, 5.74) is 6.48. The molecule has 0 fully saturated rings. The molecule has 0 aliphatic rings. The maximum absolute atomic E-state index is 12.1. The fraction of sp³-hybridized carbons (Fsp3) is 0.462. The van der Waals surface area contributed by atoms with Crippen molar-refractivity contribution in [3.8, 4) is 5.75 Å². The highest BCUT2D eigenvalue weighted by atomic mass is 16.3. The Balaban J connectivity index is 2.85. The molecule has 4 nitrogen and oxygen atoms in total. The number of rotatable bonds is 4. The van der Waals surface area contributed by atoms with Crippen LogP contribution in [0.1, 0.15) is 30.6 Å². The Labute approximate surface area is 102 Å². The lowest BCUT2D eigenvalue weighted by Crippen LogP contribution is -2.31. The van der Waals surface area contributed by atoms with Crippen molar-refractivity contribution in [1.82, 2.24) is 4.90 Å². The molecule has 17 heavy (non-hydrogen) atoms. The normalized spacial score (nSPS) is 12.2. The fourth-order valence-electron chi connectivity index (χ4n) is 1.61. The quantitative estimate of drug-likeness (QED) is 0.621. The fourth-order valence-corrected chi connectivity index (χ4v) is 1.61. The minimum absolute atomic E-state index is 0.0551. The van der Waals surface area contributed by atoms with Gasteiger partial charge in [0.15, 0.2) is 0 Å². The summed E-state index contributed by atoms with van der Waals surface area (Å²) in [4.78, 5) is 13.7. The van der Waals surface area contributed by atoms with Crippen molar-refractivity contribution in [2.24, 2.45) is 5.92 Å². The molecule has 1 rings (SSSR count). The average Bonchev–Trinajstić information content (AvgIpc) is 2.31. The summed E-state index contributed by atoms with van der Waals surface area (Å²) in [6.45, 7) is 4.87. The Morgan fingerprint density at radius 3 is 2.76 bits per heavy atom. The van der Waals surface area contributed by atoms with Gasteiger partial charge in [-0.05, 0) is 24.1 Å². The number of hydrogen-bond acceptors (Lipinski definition) is 3. The molecule has 94 valence electrons. The summed E-state index contributed by atoms with van der Waals surface area (Å²) in [6.07, 6.45) is 1.02. The predicted molar refractivity (Wildman–Crippen MR) is 68.9 cm³/mol. The van der Waals surface area contributed by atoms with E-state index < -0.39 is 0 Å². The van der Waals surface area contributed by atoms with Crippen LogP contribution in [0.2, 0.25) is 0 Å². The van der Waals surface area contributed by atoms with Gasteiger partial charge in [-0.15, -0.1) is 0 Å². The number of benzene rings is 1. The first kappa shape index (κ1) is 13.4. The van der Waals surface area contributed by atoms with Crippen molar-refractivity contribution in [1.29, 1.82) is 0 Å². The van der Waals surface area contributed by atoms with Crippen molar-refractivity contribution in [3.05, 3.63) is 23.8 Å². The first-order valence-corrected chi connectivity index (χ1v) is 5.79. The summed E-state index contributed by atoms with van der Waals surface area (Å²) in [6, 6.07) is 4.42.